The number of ether oxygens (including phenoxy) is 4. The number of aliphatic hydroxyl groups excluding tert-OH is 1. The van der Waals surface area contributed by atoms with Crippen molar-refractivity contribution in [2.75, 3.05) is 46.8 Å². The summed E-state index contributed by atoms with van der Waals surface area (Å²) in [6.07, 6.45) is 6.09. The third kappa shape index (κ3) is 7.75. The maximum atomic E-state index is 9.18. The third-order valence-corrected chi connectivity index (χ3v) is 4.32. The number of rotatable bonds is 12. The van der Waals surface area contributed by atoms with Crippen molar-refractivity contribution < 1.29 is 24.1 Å². The number of hydrogen-bond donors (Lipinski definition) is 1. The zero-order valence-corrected chi connectivity index (χ0v) is 15.1. The molecule has 0 saturated heterocycles. The first-order chi connectivity index (χ1) is 12.3. The molecule has 0 bridgehead atoms. The Hall–Kier alpha value is -1.12. The summed E-state index contributed by atoms with van der Waals surface area (Å²) >= 11 is 0. The molecule has 1 aliphatic rings. The second-order valence-electron chi connectivity index (χ2n) is 6.13. The molecule has 1 fully saturated rings. The van der Waals surface area contributed by atoms with E-state index in [0.717, 1.165) is 31.5 Å². The molecule has 25 heavy (non-hydrogen) atoms. The first kappa shape index (κ1) is 20.2. The first-order valence-corrected chi connectivity index (χ1v) is 9.02. The number of hydrogen-bond acceptors (Lipinski definition) is 7. The minimum Gasteiger partial charge on any atom is -0.390 e. The third-order valence-electron chi connectivity index (χ3n) is 4.32. The quantitative estimate of drug-likeness (QED) is 0.572. The van der Waals surface area contributed by atoms with E-state index < -0.39 is 0 Å². The van der Waals surface area contributed by atoms with Crippen molar-refractivity contribution in [3.8, 4) is 0 Å². The van der Waals surface area contributed by atoms with Gasteiger partial charge in [0.15, 0.2) is 0 Å². The Morgan fingerprint density at radius 1 is 1.00 bits per heavy atom. The summed E-state index contributed by atoms with van der Waals surface area (Å²) in [5, 5.41) is 9.18. The van der Waals surface area contributed by atoms with Gasteiger partial charge >= 0.3 is 0 Å². The molecule has 0 aliphatic heterocycles. The van der Waals surface area contributed by atoms with Gasteiger partial charge in [-0.15, -0.1) is 0 Å². The standard InChI is InChI=1S/C18H30N2O5/c1-22-8-9-23-10-11-24-12-13-25-17-4-2-15(3-5-17)18-19-7-6-16(14-21)20-18/h6-7,15,17,21H,2-5,8-14H2,1H3/t15-,17+. The van der Waals surface area contributed by atoms with Crippen molar-refractivity contribution in [1.29, 1.82) is 0 Å². The van der Waals surface area contributed by atoms with E-state index in [2.05, 4.69) is 9.97 Å². The lowest BCUT2D eigenvalue weighted by atomic mass is 9.87. The van der Waals surface area contributed by atoms with Crippen LogP contribution in [0.4, 0.5) is 0 Å². The van der Waals surface area contributed by atoms with Crippen LogP contribution in [0.2, 0.25) is 0 Å². The van der Waals surface area contributed by atoms with E-state index in [-0.39, 0.29) is 6.61 Å². The average Bonchev–Trinajstić information content (AvgIpc) is 2.67. The molecule has 7 nitrogen and oxygen atoms in total. The van der Waals surface area contributed by atoms with E-state index >= 15 is 0 Å². The van der Waals surface area contributed by atoms with Crippen molar-refractivity contribution in [1.82, 2.24) is 9.97 Å². The lowest BCUT2D eigenvalue weighted by Crippen LogP contribution is -2.23. The molecule has 0 radical (unpaired) electrons. The number of aliphatic hydroxyl groups is 1. The first-order valence-electron chi connectivity index (χ1n) is 9.02. The molecule has 1 heterocycles. The predicted molar refractivity (Wildman–Crippen MR) is 92.4 cm³/mol. The monoisotopic (exact) mass is 354 g/mol. The van der Waals surface area contributed by atoms with E-state index in [0.29, 0.717) is 57.4 Å². The molecule has 7 heteroatoms. The Balaban J connectivity index is 1.52. The van der Waals surface area contributed by atoms with Gasteiger partial charge in [0, 0.05) is 19.2 Å². The Bertz CT molecular complexity index is 467. The predicted octanol–water partition coefficient (Wildman–Crippen LogP) is 1.69. The van der Waals surface area contributed by atoms with Crippen LogP contribution in [0.15, 0.2) is 12.3 Å². The van der Waals surface area contributed by atoms with Crippen LogP contribution in [0.3, 0.4) is 0 Å². The molecule has 1 aliphatic carbocycles. The Kier molecular flexibility index (Phi) is 9.91. The van der Waals surface area contributed by atoms with Crippen molar-refractivity contribution in [2.24, 2.45) is 0 Å². The second-order valence-corrected chi connectivity index (χ2v) is 6.13. The molecule has 1 saturated carbocycles. The van der Waals surface area contributed by atoms with Gasteiger partial charge in [0.1, 0.15) is 5.82 Å². The summed E-state index contributed by atoms with van der Waals surface area (Å²) in [6.45, 7) is 3.55. The molecular formula is C18H30N2O5. The Morgan fingerprint density at radius 3 is 2.36 bits per heavy atom. The lowest BCUT2D eigenvalue weighted by molar-refractivity contribution is -0.0269. The van der Waals surface area contributed by atoms with E-state index in [9.17, 15) is 5.11 Å². The largest absolute Gasteiger partial charge is 0.390 e. The average molecular weight is 354 g/mol. The van der Waals surface area contributed by atoms with Gasteiger partial charge in [-0.2, -0.15) is 0 Å². The van der Waals surface area contributed by atoms with Crippen molar-refractivity contribution >= 4 is 0 Å². The van der Waals surface area contributed by atoms with Gasteiger partial charge in [0.05, 0.1) is 58.0 Å². The zero-order valence-electron chi connectivity index (χ0n) is 15.1. The number of nitrogens with zero attached hydrogens (tertiary/aromatic N) is 2. The molecule has 142 valence electrons. The van der Waals surface area contributed by atoms with E-state index in [1.54, 1.807) is 19.4 Å². The summed E-state index contributed by atoms with van der Waals surface area (Å²) < 4.78 is 21.6. The van der Waals surface area contributed by atoms with Gasteiger partial charge in [-0.25, -0.2) is 9.97 Å². The van der Waals surface area contributed by atoms with Crippen LogP contribution in [-0.2, 0) is 25.6 Å². The fraction of sp³-hybridized carbons (Fsp3) is 0.778. The van der Waals surface area contributed by atoms with Crippen LogP contribution in [0.5, 0.6) is 0 Å². The SMILES string of the molecule is COCCOCCOCCO[C@H]1CC[C@@H](c2nccc(CO)n2)CC1. The maximum Gasteiger partial charge on any atom is 0.131 e. The van der Waals surface area contributed by atoms with Crippen LogP contribution in [0.1, 0.15) is 43.1 Å². The highest BCUT2D eigenvalue weighted by atomic mass is 16.6. The van der Waals surface area contributed by atoms with Gasteiger partial charge < -0.3 is 24.1 Å². The fourth-order valence-electron chi connectivity index (χ4n) is 2.92. The van der Waals surface area contributed by atoms with E-state index in [1.165, 1.54) is 0 Å². The van der Waals surface area contributed by atoms with Crippen LogP contribution >= 0.6 is 0 Å². The Labute approximate surface area is 149 Å². The minimum atomic E-state index is -0.0363. The summed E-state index contributed by atoms with van der Waals surface area (Å²) in [6, 6.07) is 1.75. The summed E-state index contributed by atoms with van der Waals surface area (Å²) in [4.78, 5) is 8.78. The van der Waals surface area contributed by atoms with Gasteiger partial charge in [0.2, 0.25) is 0 Å². The fourth-order valence-corrected chi connectivity index (χ4v) is 2.92. The van der Waals surface area contributed by atoms with Gasteiger partial charge in [-0.05, 0) is 31.7 Å². The molecule has 0 unspecified atom stereocenters. The van der Waals surface area contributed by atoms with Crippen LogP contribution < -0.4 is 0 Å². The lowest BCUT2D eigenvalue weighted by Gasteiger charge is -2.27. The number of methoxy groups -OCH3 is 1. The van der Waals surface area contributed by atoms with Gasteiger partial charge in [-0.1, -0.05) is 0 Å². The summed E-state index contributed by atoms with van der Waals surface area (Å²) in [5.74, 6) is 1.22. The topological polar surface area (TPSA) is 82.9 Å². The molecule has 0 amide bonds. The normalized spacial score (nSPS) is 20.7. The van der Waals surface area contributed by atoms with Gasteiger partial charge in [0.25, 0.3) is 0 Å². The van der Waals surface area contributed by atoms with Crippen LogP contribution in [0, 0.1) is 0 Å². The molecular weight excluding hydrogens is 324 g/mol. The summed E-state index contributed by atoms with van der Waals surface area (Å²) in [7, 11) is 1.66. The Morgan fingerprint density at radius 2 is 1.68 bits per heavy atom. The number of aromatic nitrogens is 2. The van der Waals surface area contributed by atoms with Crippen LogP contribution in [-0.4, -0.2) is 67.9 Å². The second kappa shape index (κ2) is 12.3. The maximum absolute atomic E-state index is 9.18. The highest BCUT2D eigenvalue weighted by Gasteiger charge is 2.24. The minimum absolute atomic E-state index is 0.0363. The molecule has 1 N–H and O–H groups in total. The van der Waals surface area contributed by atoms with Crippen molar-refractivity contribution in [3.05, 3.63) is 23.8 Å². The van der Waals surface area contributed by atoms with E-state index in [1.807, 2.05) is 0 Å². The molecule has 0 aromatic carbocycles. The molecule has 2 rings (SSSR count). The van der Waals surface area contributed by atoms with E-state index in [4.69, 9.17) is 18.9 Å². The smallest absolute Gasteiger partial charge is 0.131 e. The molecule has 0 spiro atoms. The van der Waals surface area contributed by atoms with Crippen LogP contribution in [0.25, 0.3) is 0 Å². The molecule has 1 aromatic rings. The highest BCUT2D eigenvalue weighted by molar-refractivity contribution is 5.05. The molecule has 1 aromatic heterocycles. The molecule has 0 atom stereocenters. The van der Waals surface area contributed by atoms with Crippen molar-refractivity contribution in [2.45, 2.75) is 44.3 Å². The highest BCUT2D eigenvalue weighted by Crippen LogP contribution is 2.32. The van der Waals surface area contributed by atoms with Crippen molar-refractivity contribution in [3.63, 3.8) is 0 Å². The van der Waals surface area contributed by atoms with Gasteiger partial charge in [-0.3, -0.25) is 0 Å². The summed E-state index contributed by atoms with van der Waals surface area (Å²) in [5.41, 5.74) is 0.687. The zero-order chi connectivity index (χ0) is 17.7.